The summed E-state index contributed by atoms with van der Waals surface area (Å²) in [5.74, 6) is -0.811. The van der Waals surface area contributed by atoms with Gasteiger partial charge in [0.15, 0.2) is 0 Å². The molecule has 0 atom stereocenters. The van der Waals surface area contributed by atoms with Crippen LogP contribution in [0.3, 0.4) is 0 Å². The zero-order valence-electron chi connectivity index (χ0n) is 17.8. The third-order valence-electron chi connectivity index (χ3n) is 5.73. The summed E-state index contributed by atoms with van der Waals surface area (Å²) in [6, 6.07) is 16.5. The summed E-state index contributed by atoms with van der Waals surface area (Å²) < 4.78 is 1.55. The maximum absolute atomic E-state index is 13.3. The van der Waals surface area contributed by atoms with E-state index < -0.39 is 0 Å². The molecule has 3 N–H and O–H groups in total. The first-order valence-corrected chi connectivity index (χ1v) is 10.5. The molecule has 0 unspecified atom stereocenters. The van der Waals surface area contributed by atoms with E-state index in [1.54, 1.807) is 21.7 Å². The standard InChI is InChI=1S/C24H25N5O3/c1-16-7-9-18(10-8-16)23(31)27-22-20(15-26-29(22)19-5-3-2-4-6-19)24(32)28-13-11-17(12-14-28)21(25)30/h2-10,15,17H,11-14H2,1H3,(H2,25,30)(H,27,31). The van der Waals surface area contributed by atoms with Crippen molar-refractivity contribution in [3.8, 4) is 5.69 Å². The van der Waals surface area contributed by atoms with Gasteiger partial charge in [0.05, 0.1) is 11.9 Å². The predicted octanol–water partition coefficient (Wildman–Crippen LogP) is 2.77. The molecule has 1 aliphatic heterocycles. The molecular weight excluding hydrogens is 406 g/mol. The molecule has 164 valence electrons. The molecule has 2 heterocycles. The lowest BCUT2D eigenvalue weighted by Crippen LogP contribution is -2.41. The number of nitrogens with two attached hydrogens (primary N) is 1. The van der Waals surface area contributed by atoms with Crippen molar-refractivity contribution in [3.05, 3.63) is 77.5 Å². The number of aromatic nitrogens is 2. The molecule has 8 nitrogen and oxygen atoms in total. The molecule has 1 aromatic heterocycles. The van der Waals surface area contributed by atoms with Crippen molar-refractivity contribution >= 4 is 23.5 Å². The fourth-order valence-electron chi connectivity index (χ4n) is 3.81. The highest BCUT2D eigenvalue weighted by Gasteiger charge is 2.30. The molecule has 0 spiro atoms. The van der Waals surface area contributed by atoms with Gasteiger partial charge in [-0.3, -0.25) is 14.4 Å². The lowest BCUT2D eigenvalue weighted by atomic mass is 9.96. The Kier molecular flexibility index (Phi) is 6.02. The van der Waals surface area contributed by atoms with Crippen LogP contribution in [0.2, 0.25) is 0 Å². The molecule has 2 aromatic carbocycles. The third kappa shape index (κ3) is 4.39. The molecule has 1 saturated heterocycles. The van der Waals surface area contributed by atoms with E-state index in [0.717, 1.165) is 11.3 Å². The van der Waals surface area contributed by atoms with Gasteiger partial charge < -0.3 is 16.0 Å². The van der Waals surface area contributed by atoms with E-state index >= 15 is 0 Å². The predicted molar refractivity (Wildman–Crippen MR) is 121 cm³/mol. The molecule has 4 rings (SSSR count). The topological polar surface area (TPSA) is 110 Å². The Hall–Kier alpha value is -3.94. The number of para-hydroxylation sites is 1. The minimum Gasteiger partial charge on any atom is -0.369 e. The zero-order valence-corrected chi connectivity index (χ0v) is 17.8. The first-order chi connectivity index (χ1) is 15.4. The summed E-state index contributed by atoms with van der Waals surface area (Å²) in [6.07, 6.45) is 2.53. The largest absolute Gasteiger partial charge is 0.369 e. The van der Waals surface area contributed by atoms with E-state index in [0.29, 0.717) is 42.9 Å². The van der Waals surface area contributed by atoms with Gasteiger partial charge in [0.2, 0.25) is 5.91 Å². The molecule has 0 radical (unpaired) electrons. The summed E-state index contributed by atoms with van der Waals surface area (Å²) >= 11 is 0. The average Bonchev–Trinajstić information content (AvgIpc) is 3.23. The number of hydrogen-bond donors (Lipinski definition) is 2. The fourth-order valence-corrected chi connectivity index (χ4v) is 3.81. The Morgan fingerprint density at radius 1 is 1.00 bits per heavy atom. The smallest absolute Gasteiger partial charge is 0.259 e. The van der Waals surface area contributed by atoms with Gasteiger partial charge in [0.25, 0.3) is 11.8 Å². The van der Waals surface area contributed by atoms with Gasteiger partial charge in [-0.2, -0.15) is 5.10 Å². The van der Waals surface area contributed by atoms with Gasteiger partial charge in [-0.1, -0.05) is 35.9 Å². The molecular formula is C24H25N5O3. The summed E-state index contributed by atoms with van der Waals surface area (Å²) in [4.78, 5) is 39.4. The Morgan fingerprint density at radius 2 is 1.66 bits per heavy atom. The van der Waals surface area contributed by atoms with Crippen LogP contribution in [0.5, 0.6) is 0 Å². The van der Waals surface area contributed by atoms with Crippen LogP contribution in [0.1, 0.15) is 39.1 Å². The normalized spacial score (nSPS) is 14.2. The van der Waals surface area contributed by atoms with Crippen molar-refractivity contribution in [1.82, 2.24) is 14.7 Å². The third-order valence-corrected chi connectivity index (χ3v) is 5.73. The number of benzene rings is 2. The summed E-state index contributed by atoms with van der Waals surface area (Å²) in [5, 5.41) is 7.27. The zero-order chi connectivity index (χ0) is 22.7. The highest BCUT2D eigenvalue weighted by molar-refractivity contribution is 6.08. The van der Waals surface area contributed by atoms with E-state index in [1.807, 2.05) is 49.4 Å². The van der Waals surface area contributed by atoms with Crippen LogP contribution in [-0.2, 0) is 4.79 Å². The Balaban J connectivity index is 1.64. The maximum Gasteiger partial charge on any atom is 0.259 e. The second kappa shape index (κ2) is 9.05. The number of likely N-dealkylation sites (tertiary alicyclic amines) is 1. The molecule has 0 saturated carbocycles. The van der Waals surface area contributed by atoms with Crippen molar-refractivity contribution in [2.24, 2.45) is 11.7 Å². The van der Waals surface area contributed by atoms with Crippen molar-refractivity contribution in [2.75, 3.05) is 18.4 Å². The maximum atomic E-state index is 13.3. The minimum atomic E-state index is -0.333. The van der Waals surface area contributed by atoms with Crippen LogP contribution in [0.15, 0.2) is 60.8 Å². The Labute approximate surface area is 186 Å². The Morgan fingerprint density at radius 3 is 2.28 bits per heavy atom. The van der Waals surface area contributed by atoms with Crippen LogP contribution in [-0.4, -0.2) is 45.5 Å². The quantitative estimate of drug-likeness (QED) is 0.647. The number of aryl methyl sites for hydroxylation is 1. The minimum absolute atomic E-state index is 0.216. The first kappa shape index (κ1) is 21.3. The number of nitrogens with zero attached hydrogens (tertiary/aromatic N) is 3. The molecule has 8 heteroatoms. The summed E-state index contributed by atoms with van der Waals surface area (Å²) in [7, 11) is 0. The molecule has 32 heavy (non-hydrogen) atoms. The number of rotatable bonds is 5. The van der Waals surface area contributed by atoms with E-state index in [9.17, 15) is 14.4 Å². The molecule has 1 aliphatic rings. The number of anilines is 1. The van der Waals surface area contributed by atoms with Gasteiger partial charge in [-0.05, 0) is 44.0 Å². The van der Waals surface area contributed by atoms with Crippen molar-refractivity contribution in [2.45, 2.75) is 19.8 Å². The van der Waals surface area contributed by atoms with Gasteiger partial charge in [0.1, 0.15) is 11.4 Å². The number of piperidine rings is 1. The number of nitrogens with one attached hydrogen (secondary N) is 1. The van der Waals surface area contributed by atoms with E-state index in [4.69, 9.17) is 5.73 Å². The summed E-state index contributed by atoms with van der Waals surface area (Å²) in [5.41, 5.74) is 7.96. The van der Waals surface area contributed by atoms with Crippen LogP contribution in [0.25, 0.3) is 5.69 Å². The highest BCUT2D eigenvalue weighted by atomic mass is 16.2. The van der Waals surface area contributed by atoms with Gasteiger partial charge in [-0.15, -0.1) is 0 Å². The van der Waals surface area contributed by atoms with E-state index in [1.165, 1.54) is 6.20 Å². The number of carbonyl (C=O) groups is 3. The first-order valence-electron chi connectivity index (χ1n) is 10.5. The van der Waals surface area contributed by atoms with Crippen molar-refractivity contribution in [1.29, 1.82) is 0 Å². The average molecular weight is 431 g/mol. The van der Waals surface area contributed by atoms with E-state index in [2.05, 4.69) is 10.4 Å². The van der Waals surface area contributed by atoms with E-state index in [-0.39, 0.29) is 23.6 Å². The van der Waals surface area contributed by atoms with Crippen molar-refractivity contribution < 1.29 is 14.4 Å². The van der Waals surface area contributed by atoms with Gasteiger partial charge in [0, 0.05) is 24.6 Å². The van der Waals surface area contributed by atoms with Crippen LogP contribution in [0, 0.1) is 12.8 Å². The fraction of sp³-hybridized carbons (Fsp3) is 0.250. The molecule has 3 amide bonds. The number of amides is 3. The van der Waals surface area contributed by atoms with Gasteiger partial charge >= 0.3 is 0 Å². The molecule has 0 bridgehead atoms. The van der Waals surface area contributed by atoms with Crippen LogP contribution < -0.4 is 11.1 Å². The SMILES string of the molecule is Cc1ccc(C(=O)Nc2c(C(=O)N3CCC(C(N)=O)CC3)cnn2-c2ccccc2)cc1. The number of carbonyl (C=O) groups excluding carboxylic acids is 3. The second-order valence-corrected chi connectivity index (χ2v) is 7.94. The summed E-state index contributed by atoms with van der Waals surface area (Å²) in [6.45, 7) is 2.80. The monoisotopic (exact) mass is 431 g/mol. The lowest BCUT2D eigenvalue weighted by molar-refractivity contribution is -0.123. The number of hydrogen-bond acceptors (Lipinski definition) is 4. The number of primary amides is 1. The molecule has 0 aliphatic carbocycles. The van der Waals surface area contributed by atoms with Crippen LogP contribution in [0.4, 0.5) is 5.82 Å². The lowest BCUT2D eigenvalue weighted by Gasteiger charge is -2.30. The van der Waals surface area contributed by atoms with Crippen LogP contribution >= 0.6 is 0 Å². The molecule has 3 aromatic rings. The van der Waals surface area contributed by atoms with Crippen molar-refractivity contribution in [3.63, 3.8) is 0 Å². The Bertz CT molecular complexity index is 1130. The molecule has 1 fully saturated rings. The highest BCUT2D eigenvalue weighted by Crippen LogP contribution is 2.25. The van der Waals surface area contributed by atoms with Gasteiger partial charge in [-0.25, -0.2) is 4.68 Å². The second-order valence-electron chi connectivity index (χ2n) is 7.94.